The lowest BCUT2D eigenvalue weighted by atomic mass is 9.92. The van der Waals surface area contributed by atoms with E-state index in [0.29, 0.717) is 12.3 Å². The van der Waals surface area contributed by atoms with Crippen LogP contribution in [0.25, 0.3) is 0 Å². The average molecular weight is 487 g/mol. The van der Waals surface area contributed by atoms with Crippen molar-refractivity contribution in [3.8, 4) is 0 Å². The first kappa shape index (κ1) is 27.0. The van der Waals surface area contributed by atoms with Gasteiger partial charge >= 0.3 is 7.82 Å². The van der Waals surface area contributed by atoms with Gasteiger partial charge in [-0.05, 0) is 39.0 Å². The molecule has 31 heavy (non-hydrogen) atoms. The van der Waals surface area contributed by atoms with Gasteiger partial charge in [0.05, 0.1) is 18.2 Å². The highest BCUT2D eigenvalue weighted by Gasteiger charge is 2.51. The number of aliphatic hydroxyl groups excluding tert-OH is 3. The van der Waals surface area contributed by atoms with Gasteiger partial charge in [0.1, 0.15) is 29.9 Å². The molecule has 2 fully saturated rings. The zero-order chi connectivity index (χ0) is 23.5. The Labute approximate surface area is 186 Å². The molecular weight excluding hydrogens is 451 g/mol. The maximum Gasteiger partial charge on any atom is 0.470 e. The van der Waals surface area contributed by atoms with Gasteiger partial charge in [0.25, 0.3) is 0 Å². The lowest BCUT2D eigenvalue weighted by molar-refractivity contribution is -0.207. The SMILES string of the molecule is CCC[C@@H]1C[C@@H](C(=O)N[C@H]([C@H]2O[C@H](SC)[C@H](OP(=O)(O)O)[C@@H](O)[C@H]2O)[C@@H](C)O)N(C)C1. The minimum atomic E-state index is -4.96. The van der Waals surface area contributed by atoms with Crippen LogP contribution in [0.1, 0.15) is 33.1 Å². The molecule has 9 atom stereocenters. The summed E-state index contributed by atoms with van der Waals surface area (Å²) in [7, 11) is -3.09. The maximum absolute atomic E-state index is 13.0. The van der Waals surface area contributed by atoms with Crippen molar-refractivity contribution in [1.29, 1.82) is 0 Å². The predicted octanol–water partition coefficient (Wildman–Crippen LogP) is -0.740. The molecule has 6 N–H and O–H groups in total. The number of aliphatic hydroxyl groups is 3. The Kier molecular flexibility index (Phi) is 9.78. The smallest absolute Gasteiger partial charge is 0.391 e. The number of carbonyl (C=O) groups is 1. The number of amides is 1. The van der Waals surface area contributed by atoms with Crippen molar-refractivity contribution in [1.82, 2.24) is 10.2 Å². The summed E-state index contributed by atoms with van der Waals surface area (Å²) in [6.45, 7) is 4.32. The molecule has 0 aromatic carbocycles. The van der Waals surface area contributed by atoms with Crippen LogP contribution in [0.5, 0.6) is 0 Å². The van der Waals surface area contributed by atoms with Gasteiger partial charge in [-0.15, -0.1) is 11.8 Å². The van der Waals surface area contributed by atoms with E-state index in [0.717, 1.165) is 31.1 Å². The van der Waals surface area contributed by atoms with E-state index in [1.54, 1.807) is 6.26 Å². The second-order valence-electron chi connectivity index (χ2n) is 8.37. The van der Waals surface area contributed by atoms with E-state index in [1.165, 1.54) is 6.92 Å². The van der Waals surface area contributed by atoms with Crippen molar-refractivity contribution in [2.75, 3.05) is 19.8 Å². The van der Waals surface area contributed by atoms with Gasteiger partial charge in [0, 0.05) is 6.54 Å². The molecule has 0 radical (unpaired) electrons. The second-order valence-corrected chi connectivity index (χ2v) is 10.5. The van der Waals surface area contributed by atoms with Gasteiger partial charge in [0.2, 0.25) is 5.91 Å². The topological polar surface area (TPSA) is 169 Å². The van der Waals surface area contributed by atoms with E-state index in [9.17, 15) is 24.7 Å². The van der Waals surface area contributed by atoms with E-state index in [-0.39, 0.29) is 11.9 Å². The van der Waals surface area contributed by atoms with E-state index in [2.05, 4.69) is 16.8 Å². The highest BCUT2D eigenvalue weighted by Crippen LogP contribution is 2.43. The summed E-state index contributed by atoms with van der Waals surface area (Å²) in [5.74, 6) is 0.0899. The highest BCUT2D eigenvalue weighted by atomic mass is 32.2. The Hall–Kier alpha value is -0.270. The van der Waals surface area contributed by atoms with Crippen molar-refractivity contribution in [2.45, 2.75) is 81.1 Å². The minimum absolute atomic E-state index is 0.313. The molecule has 13 heteroatoms. The van der Waals surface area contributed by atoms with E-state index < -0.39 is 49.8 Å². The number of hydrogen-bond donors (Lipinski definition) is 6. The number of ether oxygens (including phenoxy) is 1. The van der Waals surface area contributed by atoms with Crippen molar-refractivity contribution >= 4 is 25.5 Å². The molecular formula is C18H35N2O9PS. The van der Waals surface area contributed by atoms with Gasteiger partial charge in [-0.3, -0.25) is 14.2 Å². The maximum atomic E-state index is 13.0. The summed E-state index contributed by atoms with van der Waals surface area (Å²) < 4.78 is 21.6. The van der Waals surface area contributed by atoms with Crippen LogP contribution in [-0.4, -0.2) is 104 Å². The molecule has 0 aromatic rings. The second kappa shape index (κ2) is 11.2. The number of phosphoric acid groups is 1. The molecule has 0 unspecified atom stereocenters. The number of nitrogens with zero attached hydrogens (tertiary/aromatic N) is 1. The van der Waals surface area contributed by atoms with Gasteiger partial charge in [-0.1, -0.05) is 13.3 Å². The van der Waals surface area contributed by atoms with Crippen LogP contribution in [-0.2, 0) is 18.6 Å². The van der Waals surface area contributed by atoms with Crippen molar-refractivity contribution in [2.24, 2.45) is 5.92 Å². The lowest BCUT2D eigenvalue weighted by Gasteiger charge is -2.45. The molecule has 1 amide bonds. The van der Waals surface area contributed by atoms with Gasteiger partial charge in [-0.2, -0.15) is 0 Å². The number of hydrogen-bond acceptors (Lipinski definition) is 9. The summed E-state index contributed by atoms with van der Waals surface area (Å²) in [5, 5.41) is 34.1. The molecule has 2 saturated heterocycles. The summed E-state index contributed by atoms with van der Waals surface area (Å²) >= 11 is 1.02. The third-order valence-corrected chi connectivity index (χ3v) is 7.25. The number of likely N-dealkylation sites (tertiary alicyclic amines) is 1. The molecule has 0 aliphatic carbocycles. The number of nitrogens with one attached hydrogen (secondary N) is 1. The van der Waals surface area contributed by atoms with Crippen LogP contribution in [0, 0.1) is 5.92 Å². The Morgan fingerprint density at radius 1 is 1.35 bits per heavy atom. The molecule has 2 aliphatic heterocycles. The van der Waals surface area contributed by atoms with Crippen LogP contribution in [0.2, 0.25) is 0 Å². The van der Waals surface area contributed by atoms with Gasteiger partial charge in [-0.25, -0.2) is 4.57 Å². The van der Waals surface area contributed by atoms with Crippen LogP contribution in [0.15, 0.2) is 0 Å². The van der Waals surface area contributed by atoms with Crippen LogP contribution in [0.4, 0.5) is 0 Å². The zero-order valence-electron chi connectivity index (χ0n) is 18.2. The first-order chi connectivity index (χ1) is 14.4. The highest BCUT2D eigenvalue weighted by molar-refractivity contribution is 7.99. The third-order valence-electron chi connectivity index (χ3n) is 5.89. The Bertz CT molecular complexity index is 650. The summed E-state index contributed by atoms with van der Waals surface area (Å²) in [4.78, 5) is 33.1. The van der Waals surface area contributed by atoms with E-state index in [4.69, 9.17) is 14.5 Å². The van der Waals surface area contributed by atoms with E-state index in [1.807, 2.05) is 11.9 Å². The quantitative estimate of drug-likeness (QED) is 0.227. The van der Waals surface area contributed by atoms with Crippen molar-refractivity contribution in [3.63, 3.8) is 0 Å². The van der Waals surface area contributed by atoms with Crippen molar-refractivity contribution < 1.29 is 43.7 Å². The predicted molar refractivity (Wildman–Crippen MR) is 114 cm³/mol. The molecule has 2 aliphatic rings. The summed E-state index contributed by atoms with van der Waals surface area (Å²) in [6.07, 6.45) is -2.90. The van der Waals surface area contributed by atoms with Gasteiger partial charge in [0.15, 0.2) is 0 Å². The first-order valence-corrected chi connectivity index (χ1v) is 13.2. The largest absolute Gasteiger partial charge is 0.470 e. The lowest BCUT2D eigenvalue weighted by Crippen LogP contribution is -2.66. The van der Waals surface area contributed by atoms with Crippen LogP contribution >= 0.6 is 19.6 Å². The number of likely N-dealkylation sites (N-methyl/N-ethyl adjacent to an activating group) is 1. The average Bonchev–Trinajstić information content (AvgIpc) is 3.03. The molecule has 0 aromatic heterocycles. The summed E-state index contributed by atoms with van der Waals surface area (Å²) in [5.41, 5.74) is -1.04. The zero-order valence-corrected chi connectivity index (χ0v) is 19.9. The number of thioether (sulfide) groups is 1. The third kappa shape index (κ3) is 6.86. The standard InChI is InChI=1S/C18H35N2O9PS/c1-5-6-10-7-11(20(3)8-10)17(24)19-12(9(2)21)15-13(22)14(23)16(18(28-15)31-4)29-30(25,26)27/h9-16,18,21-23H,5-8H2,1-4H3,(H,19,24)(H2,25,26,27)/t9-,10-,11+,12+,13-,14+,15-,16-,18-/m1/s1. The number of rotatable bonds is 9. The molecule has 0 saturated carbocycles. The molecule has 2 rings (SSSR count). The minimum Gasteiger partial charge on any atom is -0.391 e. The fourth-order valence-corrected chi connectivity index (χ4v) is 5.75. The molecule has 11 nitrogen and oxygen atoms in total. The Balaban J connectivity index is 2.15. The van der Waals surface area contributed by atoms with Crippen LogP contribution < -0.4 is 5.32 Å². The fraction of sp³-hybridized carbons (Fsp3) is 0.944. The normalized spacial score (nSPS) is 36.9. The van der Waals surface area contributed by atoms with Crippen LogP contribution in [0.3, 0.4) is 0 Å². The number of carbonyl (C=O) groups excluding carboxylic acids is 1. The van der Waals surface area contributed by atoms with Crippen molar-refractivity contribution in [3.05, 3.63) is 0 Å². The molecule has 2 heterocycles. The Morgan fingerprint density at radius 2 is 2.00 bits per heavy atom. The van der Waals surface area contributed by atoms with Gasteiger partial charge < -0.3 is 35.2 Å². The molecule has 182 valence electrons. The Morgan fingerprint density at radius 3 is 2.52 bits per heavy atom. The first-order valence-electron chi connectivity index (χ1n) is 10.4. The fourth-order valence-electron chi connectivity index (χ4n) is 4.39. The number of phosphoric ester groups is 1. The monoisotopic (exact) mass is 486 g/mol. The molecule has 0 spiro atoms. The summed E-state index contributed by atoms with van der Waals surface area (Å²) in [6, 6.07) is -1.44. The molecule has 0 bridgehead atoms. The van der Waals surface area contributed by atoms with E-state index >= 15 is 0 Å².